The molecule has 0 aliphatic carbocycles. The molecule has 9 atom stereocenters. The Bertz CT molecular complexity index is 2170. The average Bonchev–Trinajstić information content (AvgIpc) is 3.45. The number of hydrogen-bond acceptors (Lipinski definition) is 14. The number of amides is 10. The van der Waals surface area contributed by atoms with Crippen molar-refractivity contribution in [1.29, 1.82) is 0 Å². The van der Waals surface area contributed by atoms with Gasteiger partial charge in [0.05, 0.1) is 6.42 Å². The number of nitrogens with zero attached hydrogens (tertiary/aromatic N) is 2. The zero-order valence-corrected chi connectivity index (χ0v) is 50.0. The second kappa shape index (κ2) is 39.2. The quantitative estimate of drug-likeness (QED) is 0.0170. The molecule has 29 heteroatoms. The van der Waals surface area contributed by atoms with Crippen LogP contribution in [0.15, 0.2) is 9.98 Å². The first-order valence-corrected chi connectivity index (χ1v) is 28.2. The lowest BCUT2D eigenvalue weighted by molar-refractivity contribution is -0.140. The van der Waals surface area contributed by atoms with E-state index in [-0.39, 0.29) is 107 Å². The molecule has 0 rings (SSSR count). The smallest absolute Gasteiger partial charge is 0.305 e. The number of aliphatic carboxylic acids is 1. The molecule has 0 heterocycles. The van der Waals surface area contributed by atoms with Gasteiger partial charge in [0.15, 0.2) is 11.9 Å². The molecule has 0 bridgehead atoms. The molecule has 10 amide bonds. The Hall–Kier alpha value is -7.33. The van der Waals surface area contributed by atoms with Gasteiger partial charge in [-0.1, -0.05) is 69.2 Å². The normalized spacial score (nSPS) is 14.5. The van der Waals surface area contributed by atoms with Crippen LogP contribution in [0.3, 0.4) is 0 Å². The molecular formula is C53H99N17O12. The molecule has 0 fully saturated rings. The van der Waals surface area contributed by atoms with E-state index < -0.39 is 132 Å². The van der Waals surface area contributed by atoms with Crippen molar-refractivity contribution >= 4 is 77.0 Å². The standard InChI is InChI=1S/C53H99N17O12/c1-27(2)22-37(62-32(11)71)47(78)67-39(24-29(5)6)49(80)69-40(25-30(7)8)50(81)68-38(23-28(3)4)48(79)64-35(18-15-21-61-53(58)59)46(77)70-42(31(9)10)51(82)65-33(16-12-13-19-54)44(75)63-34(17-14-20-60-52(56)57)45(76)66-36(43(55)74)26-41(72)73/h27-31,33-40,42H,12-26,54H2,1-11H3,(H2,55,74)(H,62,71)(H,63,75)(H,64,79)(H,65,82)(H,66,76)(H,67,78)(H,68,81)(H,69,80)(H,70,77)(H,72,73)(H4,56,57,60)(H4,58,59,61)/t33-,34-,35-,36-,37-,38-,39-,40-,42-/m0/s1. The lowest BCUT2D eigenvalue weighted by atomic mass is 9.97. The van der Waals surface area contributed by atoms with Gasteiger partial charge in [0.25, 0.3) is 0 Å². The number of guanidine groups is 2. The molecule has 468 valence electrons. The molecule has 29 nitrogen and oxygen atoms in total. The van der Waals surface area contributed by atoms with Gasteiger partial charge in [0.2, 0.25) is 59.1 Å². The van der Waals surface area contributed by atoms with Crippen LogP contribution in [0, 0.1) is 29.6 Å². The van der Waals surface area contributed by atoms with Gasteiger partial charge in [-0.2, -0.15) is 0 Å². The summed E-state index contributed by atoms with van der Waals surface area (Å²) in [5, 5.41) is 33.2. The van der Waals surface area contributed by atoms with Gasteiger partial charge in [-0.3, -0.25) is 62.7 Å². The lowest BCUT2D eigenvalue weighted by Crippen LogP contribution is -2.61. The predicted octanol–water partition coefficient (Wildman–Crippen LogP) is -2.59. The number of rotatable bonds is 41. The summed E-state index contributed by atoms with van der Waals surface area (Å²) in [6, 6.07) is -11.6. The Kier molecular flexibility index (Phi) is 35.7. The number of aliphatic imine (C=N–C) groups is 2. The molecule has 0 aromatic carbocycles. The fourth-order valence-electron chi connectivity index (χ4n) is 8.44. The number of unbranched alkanes of at least 4 members (excludes halogenated alkanes) is 1. The van der Waals surface area contributed by atoms with Gasteiger partial charge in [0.1, 0.15) is 54.4 Å². The molecule has 0 radical (unpaired) electrons. The van der Waals surface area contributed by atoms with Crippen LogP contribution >= 0.6 is 0 Å². The Balaban J connectivity index is 7.01. The van der Waals surface area contributed by atoms with Crippen molar-refractivity contribution in [2.24, 2.45) is 74.0 Å². The van der Waals surface area contributed by atoms with E-state index in [1.165, 1.54) is 6.92 Å². The second-order valence-electron chi connectivity index (χ2n) is 22.6. The SMILES string of the molecule is CC(=O)N[C@@H](CC(C)C)C(=O)N[C@@H](CC(C)C)C(=O)N[C@@H](CC(C)C)C(=O)N[C@@H](CC(C)C)C(=O)N[C@@H](CCCN=C(N)N)C(=O)N[C@H](C(=O)N[C@@H](CCCCN)C(=O)N[C@@H](CCCN=C(N)N)C(=O)N[C@@H](CC(=O)O)C(N)=O)C(C)C. The summed E-state index contributed by atoms with van der Waals surface area (Å²) in [7, 11) is 0. The van der Waals surface area contributed by atoms with Crippen molar-refractivity contribution in [3.8, 4) is 0 Å². The van der Waals surface area contributed by atoms with E-state index in [1.807, 2.05) is 55.4 Å². The Labute approximate surface area is 482 Å². The van der Waals surface area contributed by atoms with Crippen LogP contribution in [0.2, 0.25) is 0 Å². The van der Waals surface area contributed by atoms with Crippen LogP contribution in [0.5, 0.6) is 0 Å². The summed E-state index contributed by atoms with van der Waals surface area (Å²) in [5.74, 6) is -10.7. The molecule has 0 unspecified atom stereocenters. The lowest BCUT2D eigenvalue weighted by Gasteiger charge is -2.30. The predicted molar refractivity (Wildman–Crippen MR) is 310 cm³/mol. The van der Waals surface area contributed by atoms with E-state index in [0.717, 1.165) is 0 Å². The van der Waals surface area contributed by atoms with E-state index in [2.05, 4.69) is 57.8 Å². The Morgan fingerprint density at radius 2 is 0.683 bits per heavy atom. The number of carboxylic acids is 1. The van der Waals surface area contributed by atoms with E-state index >= 15 is 0 Å². The van der Waals surface area contributed by atoms with Crippen molar-refractivity contribution in [3.05, 3.63) is 0 Å². The van der Waals surface area contributed by atoms with Crippen LogP contribution in [0.1, 0.15) is 153 Å². The highest BCUT2D eigenvalue weighted by Crippen LogP contribution is 2.15. The highest BCUT2D eigenvalue weighted by atomic mass is 16.4. The monoisotopic (exact) mass is 1170 g/mol. The van der Waals surface area contributed by atoms with Gasteiger partial charge in [-0.05, 0) is 107 Å². The van der Waals surface area contributed by atoms with Crippen molar-refractivity contribution in [3.63, 3.8) is 0 Å². The number of nitrogens with two attached hydrogens (primary N) is 6. The topological polar surface area (TPSA) is 497 Å². The molecule has 0 spiro atoms. The third-order valence-corrected chi connectivity index (χ3v) is 12.4. The molecule has 0 aliphatic rings. The first-order chi connectivity index (χ1) is 38.2. The zero-order chi connectivity index (χ0) is 63.0. The van der Waals surface area contributed by atoms with Crippen molar-refractivity contribution < 1.29 is 57.8 Å². The van der Waals surface area contributed by atoms with Gasteiger partial charge in [-0.25, -0.2) is 0 Å². The van der Waals surface area contributed by atoms with Crippen LogP contribution in [-0.2, 0) is 52.7 Å². The number of hydrogen-bond donors (Lipinski definition) is 16. The summed E-state index contributed by atoms with van der Waals surface area (Å²) >= 11 is 0. The number of carbonyl (C=O) groups excluding carboxylic acids is 10. The molecule has 22 N–H and O–H groups in total. The van der Waals surface area contributed by atoms with E-state index in [0.29, 0.717) is 19.3 Å². The van der Waals surface area contributed by atoms with E-state index in [4.69, 9.17) is 34.4 Å². The summed E-state index contributed by atoms with van der Waals surface area (Å²) in [4.78, 5) is 156. The third kappa shape index (κ3) is 32.2. The van der Waals surface area contributed by atoms with Crippen LogP contribution in [0.25, 0.3) is 0 Å². The molecular weight excluding hydrogens is 1070 g/mol. The largest absolute Gasteiger partial charge is 0.481 e. The molecule has 0 aromatic heterocycles. The Morgan fingerprint density at radius 1 is 0.390 bits per heavy atom. The number of nitrogens with one attached hydrogen (secondary N) is 9. The molecule has 0 aromatic rings. The molecule has 0 aliphatic heterocycles. The van der Waals surface area contributed by atoms with Gasteiger partial charge >= 0.3 is 5.97 Å². The van der Waals surface area contributed by atoms with Crippen molar-refractivity contribution in [2.45, 2.75) is 208 Å². The Morgan fingerprint density at radius 3 is 0.976 bits per heavy atom. The number of carbonyl (C=O) groups is 11. The summed E-state index contributed by atoms with van der Waals surface area (Å²) in [6.45, 7) is 19.6. The highest BCUT2D eigenvalue weighted by molar-refractivity contribution is 5.99. The first kappa shape index (κ1) is 74.7. The number of carboxylic acid groups (broad SMARTS) is 1. The fourth-order valence-corrected chi connectivity index (χ4v) is 8.44. The minimum Gasteiger partial charge on any atom is -0.481 e. The van der Waals surface area contributed by atoms with E-state index in [9.17, 15) is 57.8 Å². The van der Waals surface area contributed by atoms with E-state index in [1.54, 1.807) is 13.8 Å². The third-order valence-electron chi connectivity index (χ3n) is 12.4. The molecule has 0 saturated heterocycles. The highest BCUT2D eigenvalue weighted by Gasteiger charge is 2.36. The minimum absolute atomic E-state index is 0.000819. The maximum absolute atomic E-state index is 14.4. The maximum Gasteiger partial charge on any atom is 0.305 e. The molecule has 82 heavy (non-hydrogen) atoms. The van der Waals surface area contributed by atoms with Crippen molar-refractivity contribution in [1.82, 2.24) is 47.9 Å². The maximum atomic E-state index is 14.4. The van der Waals surface area contributed by atoms with Gasteiger partial charge < -0.3 is 87.4 Å². The van der Waals surface area contributed by atoms with Crippen LogP contribution in [-0.4, -0.2) is 156 Å². The minimum atomic E-state index is -1.64. The summed E-state index contributed by atoms with van der Waals surface area (Å²) < 4.78 is 0. The van der Waals surface area contributed by atoms with Crippen LogP contribution < -0.4 is 82.3 Å². The van der Waals surface area contributed by atoms with Gasteiger partial charge in [-0.15, -0.1) is 0 Å². The summed E-state index contributed by atoms with van der Waals surface area (Å²) in [6.07, 6.45) is 0.687. The zero-order valence-electron chi connectivity index (χ0n) is 50.0. The average molecular weight is 1170 g/mol. The first-order valence-electron chi connectivity index (χ1n) is 28.2. The second-order valence-corrected chi connectivity index (χ2v) is 22.6. The molecule has 0 saturated carbocycles. The van der Waals surface area contributed by atoms with Gasteiger partial charge in [0, 0.05) is 20.0 Å². The number of primary amides is 1. The fraction of sp³-hybridized carbons (Fsp3) is 0.755. The van der Waals surface area contributed by atoms with Crippen LogP contribution in [0.4, 0.5) is 0 Å². The van der Waals surface area contributed by atoms with Crippen molar-refractivity contribution in [2.75, 3.05) is 19.6 Å². The summed E-state index contributed by atoms with van der Waals surface area (Å²) in [5.41, 5.74) is 33.1.